The van der Waals surface area contributed by atoms with E-state index in [4.69, 9.17) is 17.3 Å². The molecule has 1 fully saturated rings. The third-order valence-electron chi connectivity index (χ3n) is 3.56. The SMILES string of the molecule is CN(Cc1nnc(Cl)s1)C1CCCCC1CN. The molecule has 0 saturated heterocycles. The lowest BCUT2D eigenvalue weighted by molar-refractivity contribution is 0.127. The van der Waals surface area contributed by atoms with Gasteiger partial charge in [-0.2, -0.15) is 0 Å². The van der Waals surface area contributed by atoms with Crippen molar-refractivity contribution in [2.75, 3.05) is 13.6 Å². The van der Waals surface area contributed by atoms with E-state index in [1.165, 1.54) is 37.0 Å². The normalized spacial score (nSPS) is 25.4. The molecular weight excluding hydrogens is 256 g/mol. The minimum Gasteiger partial charge on any atom is -0.330 e. The highest BCUT2D eigenvalue weighted by atomic mass is 35.5. The first-order valence-electron chi connectivity index (χ1n) is 6.09. The lowest BCUT2D eigenvalue weighted by Gasteiger charge is -2.37. The van der Waals surface area contributed by atoms with Crippen molar-refractivity contribution < 1.29 is 0 Å². The maximum Gasteiger partial charge on any atom is 0.207 e. The summed E-state index contributed by atoms with van der Waals surface area (Å²) < 4.78 is 0.521. The van der Waals surface area contributed by atoms with Gasteiger partial charge in [-0.3, -0.25) is 4.90 Å². The van der Waals surface area contributed by atoms with Crippen LogP contribution in [-0.4, -0.2) is 34.7 Å². The first-order chi connectivity index (χ1) is 8.20. The van der Waals surface area contributed by atoms with Crippen molar-refractivity contribution in [1.82, 2.24) is 15.1 Å². The highest BCUT2D eigenvalue weighted by Gasteiger charge is 2.27. The van der Waals surface area contributed by atoms with Gasteiger partial charge >= 0.3 is 0 Å². The Morgan fingerprint density at radius 1 is 1.41 bits per heavy atom. The molecule has 96 valence electrons. The molecule has 6 heteroatoms. The van der Waals surface area contributed by atoms with E-state index < -0.39 is 0 Å². The molecule has 1 saturated carbocycles. The number of hydrogen-bond donors (Lipinski definition) is 1. The maximum atomic E-state index is 5.86. The number of halogens is 1. The number of nitrogens with two attached hydrogens (primary N) is 1. The average Bonchev–Trinajstić information content (AvgIpc) is 2.74. The van der Waals surface area contributed by atoms with E-state index >= 15 is 0 Å². The predicted molar refractivity (Wildman–Crippen MR) is 71.2 cm³/mol. The number of rotatable bonds is 4. The van der Waals surface area contributed by atoms with Crippen LogP contribution < -0.4 is 5.73 Å². The highest BCUT2D eigenvalue weighted by molar-refractivity contribution is 7.15. The molecule has 0 aromatic carbocycles. The van der Waals surface area contributed by atoms with Crippen molar-refractivity contribution in [3.63, 3.8) is 0 Å². The largest absolute Gasteiger partial charge is 0.330 e. The number of aromatic nitrogens is 2. The summed E-state index contributed by atoms with van der Waals surface area (Å²) >= 11 is 7.25. The molecule has 0 radical (unpaired) electrons. The van der Waals surface area contributed by atoms with Crippen LogP contribution in [-0.2, 0) is 6.54 Å². The van der Waals surface area contributed by atoms with Gasteiger partial charge in [0, 0.05) is 6.04 Å². The molecule has 0 spiro atoms. The van der Waals surface area contributed by atoms with Crippen LogP contribution in [0.4, 0.5) is 0 Å². The van der Waals surface area contributed by atoms with E-state index in [1.807, 2.05) is 0 Å². The second-order valence-corrected chi connectivity index (χ2v) is 6.36. The van der Waals surface area contributed by atoms with Gasteiger partial charge in [0.05, 0.1) is 6.54 Å². The lowest BCUT2D eigenvalue weighted by Crippen LogP contribution is -2.42. The Bertz CT molecular complexity index is 357. The summed E-state index contributed by atoms with van der Waals surface area (Å²) in [6.45, 7) is 1.61. The number of nitrogens with zero attached hydrogens (tertiary/aromatic N) is 3. The fourth-order valence-corrected chi connectivity index (χ4v) is 3.60. The zero-order valence-corrected chi connectivity index (χ0v) is 11.7. The van der Waals surface area contributed by atoms with Crippen molar-refractivity contribution in [3.05, 3.63) is 9.47 Å². The molecular formula is C11H19ClN4S. The topological polar surface area (TPSA) is 55.0 Å². The van der Waals surface area contributed by atoms with Crippen LogP contribution >= 0.6 is 22.9 Å². The van der Waals surface area contributed by atoms with Crippen molar-refractivity contribution in [1.29, 1.82) is 0 Å². The fraction of sp³-hybridized carbons (Fsp3) is 0.818. The Labute approximate surface area is 111 Å². The van der Waals surface area contributed by atoms with Crippen LogP contribution in [0, 0.1) is 5.92 Å². The van der Waals surface area contributed by atoms with Gasteiger partial charge in [0.1, 0.15) is 5.01 Å². The van der Waals surface area contributed by atoms with E-state index in [1.54, 1.807) is 0 Å². The second-order valence-electron chi connectivity index (χ2n) is 4.71. The molecule has 1 aromatic rings. The van der Waals surface area contributed by atoms with Crippen LogP contribution in [0.2, 0.25) is 4.47 Å². The van der Waals surface area contributed by atoms with Crippen LogP contribution in [0.3, 0.4) is 0 Å². The zero-order chi connectivity index (χ0) is 12.3. The molecule has 1 aromatic heterocycles. The predicted octanol–water partition coefficient (Wildman–Crippen LogP) is 2.14. The Hall–Kier alpha value is -0.230. The Balaban J connectivity index is 1.95. The molecule has 17 heavy (non-hydrogen) atoms. The van der Waals surface area contributed by atoms with Gasteiger partial charge in [0.15, 0.2) is 0 Å². The van der Waals surface area contributed by atoms with Gasteiger partial charge in [-0.05, 0) is 44.0 Å². The standard InChI is InChI=1S/C11H19ClN4S/c1-16(7-10-14-15-11(12)17-10)9-5-3-2-4-8(9)6-13/h8-9H,2-7,13H2,1H3. The van der Waals surface area contributed by atoms with Gasteiger partial charge in [-0.1, -0.05) is 24.2 Å². The van der Waals surface area contributed by atoms with Gasteiger partial charge in [-0.25, -0.2) is 0 Å². The summed E-state index contributed by atoms with van der Waals surface area (Å²) in [5.74, 6) is 0.622. The third-order valence-corrected chi connectivity index (χ3v) is 4.57. The smallest absolute Gasteiger partial charge is 0.207 e. The van der Waals surface area contributed by atoms with Crippen molar-refractivity contribution >= 4 is 22.9 Å². The molecule has 2 atom stereocenters. The Kier molecular flexibility index (Phi) is 4.73. The monoisotopic (exact) mass is 274 g/mol. The third kappa shape index (κ3) is 3.37. The zero-order valence-electron chi connectivity index (χ0n) is 10.1. The molecule has 1 aliphatic carbocycles. The molecule has 2 N–H and O–H groups in total. The van der Waals surface area contributed by atoms with Gasteiger partial charge in [0.25, 0.3) is 0 Å². The second kappa shape index (κ2) is 6.09. The van der Waals surface area contributed by atoms with Gasteiger partial charge in [-0.15, -0.1) is 10.2 Å². The number of hydrogen-bond acceptors (Lipinski definition) is 5. The summed E-state index contributed by atoms with van der Waals surface area (Å²) in [5.41, 5.74) is 5.86. The highest BCUT2D eigenvalue weighted by Crippen LogP contribution is 2.28. The molecule has 1 heterocycles. The molecule has 0 aliphatic heterocycles. The van der Waals surface area contributed by atoms with Crippen molar-refractivity contribution in [2.45, 2.75) is 38.3 Å². The maximum absolute atomic E-state index is 5.86. The van der Waals surface area contributed by atoms with Crippen LogP contribution in [0.1, 0.15) is 30.7 Å². The first kappa shape index (κ1) is 13.2. The molecule has 2 rings (SSSR count). The molecule has 4 nitrogen and oxygen atoms in total. The summed E-state index contributed by atoms with van der Waals surface area (Å²) in [6, 6.07) is 0.580. The fourth-order valence-electron chi connectivity index (χ4n) is 2.67. The van der Waals surface area contributed by atoms with Gasteiger partial charge in [0.2, 0.25) is 4.47 Å². The van der Waals surface area contributed by atoms with E-state index in [0.29, 0.717) is 16.4 Å². The summed E-state index contributed by atoms with van der Waals surface area (Å²) in [5, 5.41) is 8.89. The molecule has 0 bridgehead atoms. The van der Waals surface area contributed by atoms with Crippen molar-refractivity contribution in [3.8, 4) is 0 Å². The quantitative estimate of drug-likeness (QED) is 0.914. The molecule has 1 aliphatic rings. The van der Waals surface area contributed by atoms with Crippen LogP contribution in [0.25, 0.3) is 0 Å². The van der Waals surface area contributed by atoms with E-state index in [0.717, 1.165) is 18.1 Å². The van der Waals surface area contributed by atoms with Crippen LogP contribution in [0.15, 0.2) is 0 Å². The Morgan fingerprint density at radius 3 is 2.82 bits per heavy atom. The molecule has 0 amide bonds. The van der Waals surface area contributed by atoms with Gasteiger partial charge < -0.3 is 5.73 Å². The summed E-state index contributed by atoms with van der Waals surface area (Å²) in [6.07, 6.45) is 5.12. The van der Waals surface area contributed by atoms with Crippen molar-refractivity contribution in [2.24, 2.45) is 11.7 Å². The van der Waals surface area contributed by atoms with E-state index in [-0.39, 0.29) is 0 Å². The average molecular weight is 275 g/mol. The van der Waals surface area contributed by atoms with Crippen LogP contribution in [0.5, 0.6) is 0 Å². The lowest BCUT2D eigenvalue weighted by atomic mass is 9.84. The Morgan fingerprint density at radius 2 is 2.18 bits per heavy atom. The first-order valence-corrected chi connectivity index (χ1v) is 7.28. The van der Waals surface area contributed by atoms with E-state index in [9.17, 15) is 0 Å². The molecule has 2 unspecified atom stereocenters. The minimum atomic E-state index is 0.521. The summed E-state index contributed by atoms with van der Waals surface area (Å²) in [7, 11) is 2.15. The van der Waals surface area contributed by atoms with E-state index in [2.05, 4.69) is 22.1 Å². The minimum absolute atomic E-state index is 0.521. The summed E-state index contributed by atoms with van der Waals surface area (Å²) in [4.78, 5) is 2.35.